The van der Waals surface area contributed by atoms with E-state index in [2.05, 4.69) is 14.9 Å². The van der Waals surface area contributed by atoms with Crippen molar-refractivity contribution in [1.29, 1.82) is 0 Å². The van der Waals surface area contributed by atoms with Gasteiger partial charge in [0.15, 0.2) is 5.82 Å². The van der Waals surface area contributed by atoms with Gasteiger partial charge < -0.3 is 10.3 Å². The van der Waals surface area contributed by atoms with Crippen molar-refractivity contribution in [2.24, 2.45) is 5.73 Å². The van der Waals surface area contributed by atoms with Gasteiger partial charge in [0, 0.05) is 12.1 Å². The molecule has 0 atom stereocenters. The topological polar surface area (TPSA) is 111 Å². The first-order chi connectivity index (χ1) is 10.9. The van der Waals surface area contributed by atoms with Gasteiger partial charge >= 0.3 is 0 Å². The molecular formula is C15H20N4O3S. The summed E-state index contributed by atoms with van der Waals surface area (Å²) in [5, 5.41) is 4.01. The lowest BCUT2D eigenvalue weighted by Crippen LogP contribution is -2.34. The van der Waals surface area contributed by atoms with Gasteiger partial charge in [0.2, 0.25) is 10.0 Å². The fourth-order valence-corrected chi connectivity index (χ4v) is 3.86. The van der Waals surface area contributed by atoms with Gasteiger partial charge in [-0.2, -0.15) is 4.98 Å². The molecule has 0 bridgehead atoms. The zero-order valence-electron chi connectivity index (χ0n) is 12.9. The molecule has 1 aliphatic rings. The second-order valence-electron chi connectivity index (χ2n) is 5.81. The van der Waals surface area contributed by atoms with Crippen molar-refractivity contribution < 1.29 is 12.9 Å². The van der Waals surface area contributed by atoms with E-state index in [0.29, 0.717) is 23.8 Å². The summed E-state index contributed by atoms with van der Waals surface area (Å²) in [4.78, 5) is 4.60. The molecule has 1 heterocycles. The monoisotopic (exact) mass is 336 g/mol. The van der Waals surface area contributed by atoms with Crippen molar-refractivity contribution in [2.45, 2.75) is 43.0 Å². The van der Waals surface area contributed by atoms with Crippen molar-refractivity contribution in [3.05, 3.63) is 30.1 Å². The Hall–Kier alpha value is -1.77. The first kappa shape index (κ1) is 16.1. The second kappa shape index (κ2) is 6.03. The average molecular weight is 336 g/mol. The number of nitrogens with zero attached hydrogens (tertiary/aromatic N) is 2. The minimum atomic E-state index is -3.46. The molecule has 1 saturated carbocycles. The molecule has 1 aromatic carbocycles. The molecule has 0 radical (unpaired) electrons. The van der Waals surface area contributed by atoms with E-state index < -0.39 is 15.6 Å². The summed E-state index contributed by atoms with van der Waals surface area (Å²) in [6.45, 7) is 2.08. The Labute approximate surface area is 135 Å². The third-order valence-corrected chi connectivity index (χ3v) is 5.67. The molecule has 0 amide bonds. The number of aromatic nitrogens is 2. The summed E-state index contributed by atoms with van der Waals surface area (Å²) in [5.41, 5.74) is 6.48. The standard InChI is InChI=1S/C15H20N4O3S/c1-2-17-23(20,21)12-7-5-11(6-8-12)13-18-14(19-22-13)15(16)9-3-4-10-15/h5-8,17H,2-4,9-10,16H2,1H3. The fourth-order valence-electron chi connectivity index (χ4n) is 2.82. The first-order valence-electron chi connectivity index (χ1n) is 7.68. The van der Waals surface area contributed by atoms with E-state index in [1.54, 1.807) is 19.1 Å². The minimum Gasteiger partial charge on any atom is -0.334 e. The van der Waals surface area contributed by atoms with Gasteiger partial charge in [-0.15, -0.1) is 0 Å². The summed E-state index contributed by atoms with van der Waals surface area (Å²) < 4.78 is 31.6. The van der Waals surface area contributed by atoms with Gasteiger partial charge in [-0.25, -0.2) is 13.1 Å². The van der Waals surface area contributed by atoms with Gasteiger partial charge in [0.05, 0.1) is 10.4 Å². The minimum absolute atomic E-state index is 0.203. The predicted octanol–water partition coefficient (Wildman–Crippen LogP) is 1.76. The van der Waals surface area contributed by atoms with Crippen LogP contribution in [0.2, 0.25) is 0 Å². The van der Waals surface area contributed by atoms with E-state index in [1.165, 1.54) is 12.1 Å². The molecule has 1 aromatic heterocycles. The molecule has 8 heteroatoms. The summed E-state index contributed by atoms with van der Waals surface area (Å²) in [5.74, 6) is 0.874. The van der Waals surface area contributed by atoms with Crippen LogP contribution in [0.4, 0.5) is 0 Å². The molecule has 124 valence electrons. The van der Waals surface area contributed by atoms with Crippen LogP contribution in [0.5, 0.6) is 0 Å². The Kier molecular flexibility index (Phi) is 4.22. The highest BCUT2D eigenvalue weighted by atomic mass is 32.2. The quantitative estimate of drug-likeness (QED) is 0.860. The third-order valence-electron chi connectivity index (χ3n) is 4.11. The highest BCUT2D eigenvalue weighted by Gasteiger charge is 2.36. The Bertz CT molecular complexity index is 777. The first-order valence-corrected chi connectivity index (χ1v) is 9.16. The third kappa shape index (κ3) is 3.15. The summed E-state index contributed by atoms with van der Waals surface area (Å²) in [6.07, 6.45) is 3.84. The van der Waals surface area contributed by atoms with Gasteiger partial charge in [-0.1, -0.05) is 24.9 Å². The number of hydrogen-bond donors (Lipinski definition) is 2. The normalized spacial score (nSPS) is 17.5. The van der Waals surface area contributed by atoms with Crippen LogP contribution < -0.4 is 10.5 Å². The van der Waals surface area contributed by atoms with Gasteiger partial charge in [0.25, 0.3) is 5.89 Å². The SMILES string of the molecule is CCNS(=O)(=O)c1ccc(-c2nc(C3(N)CCCC3)no2)cc1. The lowest BCUT2D eigenvalue weighted by molar-refractivity contribution is 0.372. The van der Waals surface area contributed by atoms with Crippen LogP contribution in [0.25, 0.3) is 11.5 Å². The zero-order chi connectivity index (χ0) is 16.5. The number of benzene rings is 1. The summed E-state index contributed by atoms with van der Waals surface area (Å²) >= 11 is 0. The molecule has 1 aliphatic carbocycles. The Morgan fingerprint density at radius 3 is 2.52 bits per heavy atom. The predicted molar refractivity (Wildman–Crippen MR) is 84.9 cm³/mol. The van der Waals surface area contributed by atoms with Crippen LogP contribution in [0.15, 0.2) is 33.7 Å². The van der Waals surface area contributed by atoms with Crippen molar-refractivity contribution in [2.75, 3.05) is 6.54 Å². The van der Waals surface area contributed by atoms with E-state index in [9.17, 15) is 8.42 Å². The van der Waals surface area contributed by atoms with Gasteiger partial charge in [-0.05, 0) is 37.1 Å². The van der Waals surface area contributed by atoms with Crippen molar-refractivity contribution in [1.82, 2.24) is 14.9 Å². The molecule has 3 N–H and O–H groups in total. The summed E-state index contributed by atoms with van der Waals surface area (Å²) in [7, 11) is -3.46. The van der Waals surface area contributed by atoms with Crippen LogP contribution >= 0.6 is 0 Å². The van der Waals surface area contributed by atoms with E-state index in [4.69, 9.17) is 10.3 Å². The highest BCUT2D eigenvalue weighted by molar-refractivity contribution is 7.89. The summed E-state index contributed by atoms with van der Waals surface area (Å²) in [6, 6.07) is 6.34. The van der Waals surface area contributed by atoms with E-state index >= 15 is 0 Å². The largest absolute Gasteiger partial charge is 0.334 e. The van der Waals surface area contributed by atoms with Gasteiger partial charge in [0.1, 0.15) is 0 Å². The molecule has 1 fully saturated rings. The maximum absolute atomic E-state index is 11.9. The Morgan fingerprint density at radius 2 is 1.91 bits per heavy atom. The van der Waals surface area contributed by atoms with E-state index in [0.717, 1.165) is 25.7 Å². The van der Waals surface area contributed by atoms with E-state index in [-0.39, 0.29) is 4.90 Å². The maximum atomic E-state index is 11.9. The molecule has 0 aliphatic heterocycles. The van der Waals surface area contributed by atoms with Crippen molar-refractivity contribution in [3.8, 4) is 11.5 Å². The number of rotatable bonds is 5. The molecular weight excluding hydrogens is 316 g/mol. The Morgan fingerprint density at radius 1 is 1.26 bits per heavy atom. The molecule has 3 rings (SSSR count). The van der Waals surface area contributed by atoms with Crippen LogP contribution in [-0.2, 0) is 15.6 Å². The molecule has 2 aromatic rings. The molecule has 0 unspecified atom stereocenters. The van der Waals surface area contributed by atoms with Crippen molar-refractivity contribution in [3.63, 3.8) is 0 Å². The van der Waals surface area contributed by atoms with Crippen LogP contribution in [-0.4, -0.2) is 25.1 Å². The lowest BCUT2D eigenvalue weighted by atomic mass is 9.99. The number of sulfonamides is 1. The number of hydrogen-bond acceptors (Lipinski definition) is 6. The van der Waals surface area contributed by atoms with Crippen LogP contribution in [0.1, 0.15) is 38.4 Å². The molecule has 7 nitrogen and oxygen atoms in total. The zero-order valence-corrected chi connectivity index (χ0v) is 13.8. The van der Waals surface area contributed by atoms with Crippen molar-refractivity contribution >= 4 is 10.0 Å². The maximum Gasteiger partial charge on any atom is 0.257 e. The second-order valence-corrected chi connectivity index (χ2v) is 7.58. The van der Waals surface area contributed by atoms with E-state index in [1.807, 2.05) is 0 Å². The van der Waals surface area contributed by atoms with Gasteiger partial charge in [-0.3, -0.25) is 0 Å². The number of nitrogens with one attached hydrogen (secondary N) is 1. The Balaban J connectivity index is 1.84. The molecule has 0 spiro atoms. The highest BCUT2D eigenvalue weighted by Crippen LogP contribution is 2.35. The smallest absolute Gasteiger partial charge is 0.257 e. The van der Waals surface area contributed by atoms with Crippen LogP contribution in [0, 0.1) is 0 Å². The average Bonchev–Trinajstić information content (AvgIpc) is 3.17. The van der Waals surface area contributed by atoms with Crippen LogP contribution in [0.3, 0.4) is 0 Å². The lowest BCUT2D eigenvalue weighted by Gasteiger charge is -2.17. The number of nitrogens with two attached hydrogens (primary N) is 1. The molecule has 0 saturated heterocycles. The molecule has 23 heavy (non-hydrogen) atoms. The fraction of sp³-hybridized carbons (Fsp3) is 0.467.